The van der Waals surface area contributed by atoms with Crippen molar-refractivity contribution in [1.82, 2.24) is 0 Å². The van der Waals surface area contributed by atoms with Crippen LogP contribution in [-0.2, 0) is 27.3 Å². The van der Waals surface area contributed by atoms with Crippen LogP contribution in [0.25, 0.3) is 0 Å². The predicted molar refractivity (Wildman–Crippen MR) is 12.4 cm³/mol. The van der Waals surface area contributed by atoms with Gasteiger partial charge in [0, 0.05) is 0 Å². The number of rotatable bonds is 0. The molecular formula is CdF6Si. The van der Waals surface area contributed by atoms with Gasteiger partial charge in [0.2, 0.25) is 0 Å². The first-order valence-corrected chi connectivity index (χ1v) is 3.40. The SMILES string of the molecule is F[Si-2](F)(F)(F)(F)F.[Cd+2]. The van der Waals surface area contributed by atoms with E-state index < -0.39 is 8.63 Å². The Morgan fingerprint density at radius 1 is 0.625 bits per heavy atom. The molecular weight excluding hydrogens is 254 g/mol. The second-order valence-corrected chi connectivity index (χ2v) is 3.21. The van der Waals surface area contributed by atoms with Crippen LogP contribution in [0.15, 0.2) is 0 Å². The number of halogens is 6. The molecule has 0 spiro atoms. The van der Waals surface area contributed by atoms with Gasteiger partial charge in [0.25, 0.3) is 0 Å². The molecule has 0 heterocycles. The van der Waals surface area contributed by atoms with Crippen molar-refractivity contribution in [3.8, 4) is 0 Å². The molecule has 0 saturated carbocycles. The van der Waals surface area contributed by atoms with Crippen molar-refractivity contribution in [2.24, 2.45) is 0 Å². The molecule has 0 unspecified atom stereocenters. The summed E-state index contributed by atoms with van der Waals surface area (Å²) in [5.41, 5.74) is 0. The van der Waals surface area contributed by atoms with Gasteiger partial charge < -0.3 is 0 Å². The molecule has 0 rings (SSSR count). The Balaban J connectivity index is 0. The molecule has 8 heteroatoms. The van der Waals surface area contributed by atoms with Gasteiger partial charge in [0.1, 0.15) is 0 Å². The van der Waals surface area contributed by atoms with Crippen LogP contribution in [0.3, 0.4) is 0 Å². The Kier molecular flexibility index (Phi) is 2.03. The molecule has 0 atom stereocenters. The second kappa shape index (κ2) is 1.41. The minimum Gasteiger partial charge on any atom is 2.00 e. The Morgan fingerprint density at radius 2 is 0.625 bits per heavy atom. The predicted octanol–water partition coefficient (Wildman–Crippen LogP) is 2.14. The van der Waals surface area contributed by atoms with Crippen molar-refractivity contribution in [3.63, 3.8) is 0 Å². The van der Waals surface area contributed by atoms with E-state index >= 15 is 0 Å². The van der Waals surface area contributed by atoms with Crippen LogP contribution in [0.1, 0.15) is 0 Å². The summed E-state index contributed by atoms with van der Waals surface area (Å²) in [6.45, 7) is 0. The third-order valence-electron chi connectivity index (χ3n) is 0. The maximum atomic E-state index is 9.88. The second-order valence-electron chi connectivity index (χ2n) is 1.07. The van der Waals surface area contributed by atoms with Gasteiger partial charge in [-0.25, -0.2) is 0 Å². The largest absolute Gasteiger partial charge is 2.00 e. The van der Waals surface area contributed by atoms with Crippen molar-refractivity contribution in [2.45, 2.75) is 0 Å². The molecule has 0 bridgehead atoms. The van der Waals surface area contributed by atoms with E-state index in [1.54, 1.807) is 0 Å². The molecule has 0 aromatic rings. The van der Waals surface area contributed by atoms with Crippen molar-refractivity contribution >= 4 is 8.63 Å². The number of hydrogen-bond acceptors (Lipinski definition) is 0. The van der Waals surface area contributed by atoms with Crippen LogP contribution >= 0.6 is 0 Å². The number of hydrogen-bond donors (Lipinski definition) is 0. The van der Waals surface area contributed by atoms with Gasteiger partial charge in [-0.05, 0) is 0 Å². The van der Waals surface area contributed by atoms with E-state index in [4.69, 9.17) is 0 Å². The van der Waals surface area contributed by atoms with Gasteiger partial charge in [-0.2, -0.15) is 0 Å². The van der Waals surface area contributed by atoms with Gasteiger partial charge >= 0.3 is 60.6 Å². The average molecular weight is 254 g/mol. The van der Waals surface area contributed by atoms with Gasteiger partial charge in [0.15, 0.2) is 0 Å². The van der Waals surface area contributed by atoms with Gasteiger partial charge in [-0.3, -0.25) is 0 Å². The summed E-state index contributed by atoms with van der Waals surface area (Å²) in [6.07, 6.45) is 0. The summed E-state index contributed by atoms with van der Waals surface area (Å²) in [5, 5.41) is 0. The first-order chi connectivity index (χ1) is 2.45. The summed E-state index contributed by atoms with van der Waals surface area (Å²) < 4.78 is 59.3. The Labute approximate surface area is 60.9 Å². The molecule has 48 valence electrons. The monoisotopic (exact) mass is 256 g/mol. The van der Waals surface area contributed by atoms with Crippen LogP contribution in [0, 0.1) is 0 Å². The molecule has 0 radical (unpaired) electrons. The Morgan fingerprint density at radius 3 is 0.625 bits per heavy atom. The Bertz CT molecular complexity index is 67.1. The van der Waals surface area contributed by atoms with E-state index in [9.17, 15) is 24.6 Å². The van der Waals surface area contributed by atoms with Crippen LogP contribution in [0.2, 0.25) is 0 Å². The first-order valence-electron chi connectivity index (χ1n) is 1.13. The van der Waals surface area contributed by atoms with Crippen LogP contribution in [0.4, 0.5) is 24.6 Å². The molecule has 0 fully saturated rings. The van der Waals surface area contributed by atoms with Gasteiger partial charge in [0.05, 0.1) is 0 Å². The average Bonchev–Trinajstić information content (AvgIpc) is 0.592. The van der Waals surface area contributed by atoms with E-state index in [1.807, 2.05) is 0 Å². The zero-order valence-electron chi connectivity index (χ0n) is 3.47. The van der Waals surface area contributed by atoms with E-state index in [0.717, 1.165) is 0 Å². The fourth-order valence-corrected chi connectivity index (χ4v) is 0. The summed E-state index contributed by atoms with van der Waals surface area (Å²) >= 11 is 0. The first kappa shape index (κ1) is 11.5. The van der Waals surface area contributed by atoms with Crippen molar-refractivity contribution in [3.05, 3.63) is 0 Å². The molecule has 0 aromatic heterocycles. The van der Waals surface area contributed by atoms with Gasteiger partial charge in [-0.1, -0.05) is 0 Å². The summed E-state index contributed by atoms with van der Waals surface area (Å²) in [5.74, 6) is 0. The molecule has 0 saturated heterocycles. The fourth-order valence-electron chi connectivity index (χ4n) is 0. The molecule has 0 nitrogen and oxygen atoms in total. The third kappa shape index (κ3) is 425. The minimum absolute atomic E-state index is 0. The van der Waals surface area contributed by atoms with E-state index in [1.165, 1.54) is 0 Å². The molecule has 0 amide bonds. The zero-order valence-corrected chi connectivity index (χ0v) is 8.51. The molecule has 0 aliphatic rings. The quantitative estimate of drug-likeness (QED) is 0.353. The zero-order chi connectivity index (χ0) is 6.41. The van der Waals surface area contributed by atoms with Crippen LogP contribution in [0.5, 0.6) is 0 Å². The summed E-state index contributed by atoms with van der Waals surface area (Å²) in [7, 11) is -10.8. The fraction of sp³-hybridized carbons (Fsp3) is 0. The summed E-state index contributed by atoms with van der Waals surface area (Å²) in [4.78, 5) is 0. The third-order valence-corrected chi connectivity index (χ3v) is 0. The Hall–Kier alpha value is 0.719. The van der Waals surface area contributed by atoms with Crippen molar-refractivity contribution in [1.29, 1.82) is 0 Å². The minimum atomic E-state index is -10.8. The smallest absolute Gasteiger partial charge is 2.00 e. The molecule has 0 aromatic carbocycles. The summed E-state index contributed by atoms with van der Waals surface area (Å²) in [6, 6.07) is 0. The van der Waals surface area contributed by atoms with Crippen LogP contribution in [-0.4, -0.2) is 8.63 Å². The van der Waals surface area contributed by atoms with E-state index in [0.29, 0.717) is 0 Å². The van der Waals surface area contributed by atoms with Crippen LogP contribution < -0.4 is 0 Å². The molecule has 0 N–H and O–H groups in total. The molecule has 0 aliphatic heterocycles. The maximum Gasteiger partial charge on any atom is 2.00 e. The van der Waals surface area contributed by atoms with Crippen molar-refractivity contribution < 1.29 is 51.9 Å². The standard InChI is InChI=1S/Cd.F6Si/c;1-7(2,3,4,5)6/q+2;-2. The van der Waals surface area contributed by atoms with Crippen molar-refractivity contribution in [2.75, 3.05) is 0 Å². The molecule has 0 aliphatic carbocycles. The normalized spacial score (nSPS) is 20.2. The topological polar surface area (TPSA) is 0 Å². The molecule has 8 heavy (non-hydrogen) atoms. The van der Waals surface area contributed by atoms with Gasteiger partial charge in [-0.15, -0.1) is 0 Å². The van der Waals surface area contributed by atoms with E-state index in [2.05, 4.69) is 0 Å². The van der Waals surface area contributed by atoms with E-state index in [-0.39, 0.29) is 27.3 Å². The maximum absolute atomic E-state index is 10.8.